The zero-order chi connectivity index (χ0) is 10.1. The van der Waals surface area contributed by atoms with Gasteiger partial charge >= 0.3 is 0 Å². The second-order valence-corrected chi connectivity index (χ2v) is 3.42. The van der Waals surface area contributed by atoms with Gasteiger partial charge in [-0.3, -0.25) is 4.79 Å². The molecule has 78 valence electrons. The minimum absolute atomic E-state index is 0.138. The van der Waals surface area contributed by atoms with E-state index in [9.17, 15) is 4.79 Å². The third kappa shape index (κ3) is 7.78. The van der Waals surface area contributed by atoms with Crippen molar-refractivity contribution >= 4 is 5.91 Å². The van der Waals surface area contributed by atoms with Gasteiger partial charge in [0.1, 0.15) is 0 Å². The van der Waals surface area contributed by atoms with Crippen molar-refractivity contribution in [1.82, 2.24) is 10.6 Å². The van der Waals surface area contributed by atoms with E-state index >= 15 is 0 Å². The first-order valence-electron chi connectivity index (χ1n) is 5.18. The van der Waals surface area contributed by atoms with Crippen LogP contribution in [0.25, 0.3) is 0 Å². The van der Waals surface area contributed by atoms with E-state index in [4.69, 9.17) is 0 Å². The van der Waals surface area contributed by atoms with Crippen LogP contribution in [-0.2, 0) is 4.79 Å². The van der Waals surface area contributed by atoms with Gasteiger partial charge in [0, 0.05) is 19.5 Å². The normalized spacial score (nSPS) is 12.5. The Hall–Kier alpha value is -0.570. The summed E-state index contributed by atoms with van der Waals surface area (Å²) in [6, 6.07) is 0. The highest BCUT2D eigenvalue weighted by Crippen LogP contribution is 1.96. The maximum Gasteiger partial charge on any atom is 0.221 e. The van der Waals surface area contributed by atoms with Crippen LogP contribution in [0.5, 0.6) is 0 Å². The lowest BCUT2D eigenvalue weighted by molar-refractivity contribution is -0.120. The van der Waals surface area contributed by atoms with Crippen molar-refractivity contribution in [3.05, 3.63) is 0 Å². The number of amides is 1. The number of carbonyl (C=O) groups is 1. The Morgan fingerprint density at radius 2 is 2.08 bits per heavy atom. The molecule has 13 heavy (non-hydrogen) atoms. The minimum Gasteiger partial charge on any atom is -0.356 e. The summed E-state index contributed by atoms with van der Waals surface area (Å²) in [5, 5.41) is 6.03. The molecule has 3 nitrogen and oxygen atoms in total. The molecule has 0 saturated heterocycles. The number of carbonyl (C=O) groups excluding carboxylic acids is 1. The molecule has 0 aromatic rings. The molecule has 0 radical (unpaired) electrons. The molecule has 1 atom stereocenters. The van der Waals surface area contributed by atoms with Crippen LogP contribution in [0, 0.1) is 5.92 Å². The van der Waals surface area contributed by atoms with Crippen molar-refractivity contribution in [3.8, 4) is 0 Å². The second kappa shape index (κ2) is 8.05. The molecular formula is C10H22N2O. The predicted molar refractivity (Wildman–Crippen MR) is 55.6 cm³/mol. The van der Waals surface area contributed by atoms with Crippen LogP contribution < -0.4 is 10.6 Å². The predicted octanol–water partition coefficient (Wildman–Crippen LogP) is 1.15. The lowest BCUT2D eigenvalue weighted by Gasteiger charge is -2.09. The summed E-state index contributed by atoms with van der Waals surface area (Å²) in [4.78, 5) is 11.0. The second-order valence-electron chi connectivity index (χ2n) is 3.42. The van der Waals surface area contributed by atoms with Gasteiger partial charge in [0.25, 0.3) is 0 Å². The molecule has 0 rings (SSSR count). The van der Waals surface area contributed by atoms with Crippen LogP contribution in [0.1, 0.15) is 33.6 Å². The Bertz CT molecular complexity index is 137. The Balaban J connectivity index is 3.20. The number of hydrogen-bond donors (Lipinski definition) is 2. The van der Waals surface area contributed by atoms with Gasteiger partial charge in [-0.25, -0.2) is 0 Å². The average molecular weight is 186 g/mol. The summed E-state index contributed by atoms with van der Waals surface area (Å²) in [7, 11) is 0. The van der Waals surface area contributed by atoms with E-state index in [1.165, 1.54) is 6.42 Å². The van der Waals surface area contributed by atoms with E-state index in [-0.39, 0.29) is 5.91 Å². The summed E-state index contributed by atoms with van der Waals surface area (Å²) in [6.07, 6.45) is 1.78. The van der Waals surface area contributed by atoms with E-state index in [0.717, 1.165) is 19.6 Å². The molecule has 0 spiro atoms. The number of hydrogen-bond acceptors (Lipinski definition) is 2. The van der Waals surface area contributed by atoms with Gasteiger partial charge in [-0.2, -0.15) is 0 Å². The smallest absolute Gasteiger partial charge is 0.221 e. The lowest BCUT2D eigenvalue weighted by Crippen LogP contribution is -2.29. The average Bonchev–Trinajstić information content (AvgIpc) is 2.12. The Morgan fingerprint density at radius 1 is 1.38 bits per heavy atom. The summed E-state index contributed by atoms with van der Waals surface area (Å²) in [6.45, 7) is 8.84. The Morgan fingerprint density at radius 3 is 2.62 bits per heavy atom. The topological polar surface area (TPSA) is 41.1 Å². The monoisotopic (exact) mass is 186 g/mol. The Labute approximate surface area is 81.3 Å². The molecule has 0 aliphatic heterocycles. The molecule has 1 amide bonds. The van der Waals surface area contributed by atoms with Gasteiger partial charge in [0.05, 0.1) is 0 Å². The standard InChI is InChI=1S/C10H22N2O/c1-4-9(3)8-11-7-6-10(13)12-5-2/h9,11H,4-8H2,1-3H3,(H,12,13). The molecular weight excluding hydrogens is 164 g/mol. The molecule has 0 bridgehead atoms. The highest BCUT2D eigenvalue weighted by molar-refractivity contribution is 5.75. The third-order valence-corrected chi connectivity index (χ3v) is 2.09. The zero-order valence-electron chi connectivity index (χ0n) is 9.02. The summed E-state index contributed by atoms with van der Waals surface area (Å²) >= 11 is 0. The van der Waals surface area contributed by atoms with Crippen LogP contribution in [0.4, 0.5) is 0 Å². The fraction of sp³-hybridized carbons (Fsp3) is 0.900. The molecule has 0 aromatic carbocycles. The highest BCUT2D eigenvalue weighted by Gasteiger charge is 2.00. The molecule has 0 aromatic heterocycles. The number of nitrogens with one attached hydrogen (secondary N) is 2. The van der Waals surface area contributed by atoms with Gasteiger partial charge in [-0.15, -0.1) is 0 Å². The van der Waals surface area contributed by atoms with Crippen molar-refractivity contribution in [1.29, 1.82) is 0 Å². The maximum absolute atomic E-state index is 11.0. The molecule has 0 aliphatic carbocycles. The maximum atomic E-state index is 11.0. The van der Waals surface area contributed by atoms with E-state index in [0.29, 0.717) is 12.3 Å². The van der Waals surface area contributed by atoms with Gasteiger partial charge in [0.2, 0.25) is 5.91 Å². The summed E-state index contributed by atoms with van der Waals surface area (Å²) in [5.41, 5.74) is 0. The molecule has 2 N–H and O–H groups in total. The fourth-order valence-corrected chi connectivity index (χ4v) is 0.980. The summed E-state index contributed by atoms with van der Waals surface area (Å²) < 4.78 is 0. The lowest BCUT2D eigenvalue weighted by atomic mass is 10.1. The third-order valence-electron chi connectivity index (χ3n) is 2.09. The fourth-order valence-electron chi connectivity index (χ4n) is 0.980. The highest BCUT2D eigenvalue weighted by atomic mass is 16.1. The molecule has 1 unspecified atom stereocenters. The van der Waals surface area contributed by atoms with Gasteiger partial charge in [0.15, 0.2) is 0 Å². The van der Waals surface area contributed by atoms with Crippen LogP contribution in [0.3, 0.4) is 0 Å². The molecule has 0 heterocycles. The Kier molecular flexibility index (Phi) is 7.69. The minimum atomic E-state index is 0.138. The first-order valence-corrected chi connectivity index (χ1v) is 5.18. The number of rotatable bonds is 7. The van der Waals surface area contributed by atoms with E-state index in [2.05, 4.69) is 24.5 Å². The van der Waals surface area contributed by atoms with Crippen molar-refractivity contribution in [2.45, 2.75) is 33.6 Å². The first kappa shape index (κ1) is 12.4. The van der Waals surface area contributed by atoms with E-state index in [1.54, 1.807) is 0 Å². The van der Waals surface area contributed by atoms with Gasteiger partial charge in [-0.1, -0.05) is 20.3 Å². The largest absolute Gasteiger partial charge is 0.356 e. The van der Waals surface area contributed by atoms with Crippen LogP contribution in [0.15, 0.2) is 0 Å². The van der Waals surface area contributed by atoms with Crippen molar-refractivity contribution in [2.24, 2.45) is 5.92 Å². The van der Waals surface area contributed by atoms with Crippen molar-refractivity contribution in [3.63, 3.8) is 0 Å². The van der Waals surface area contributed by atoms with Crippen LogP contribution in [0.2, 0.25) is 0 Å². The summed E-state index contributed by atoms with van der Waals surface area (Å²) in [5.74, 6) is 0.841. The van der Waals surface area contributed by atoms with Gasteiger partial charge in [-0.05, 0) is 19.4 Å². The van der Waals surface area contributed by atoms with E-state index < -0.39 is 0 Å². The molecule has 0 saturated carbocycles. The molecule has 0 fully saturated rings. The van der Waals surface area contributed by atoms with Crippen LogP contribution in [-0.4, -0.2) is 25.5 Å². The van der Waals surface area contributed by atoms with Gasteiger partial charge < -0.3 is 10.6 Å². The van der Waals surface area contributed by atoms with Crippen molar-refractivity contribution in [2.75, 3.05) is 19.6 Å². The van der Waals surface area contributed by atoms with Crippen molar-refractivity contribution < 1.29 is 4.79 Å². The van der Waals surface area contributed by atoms with Crippen LogP contribution >= 0.6 is 0 Å². The first-order chi connectivity index (χ1) is 6.20. The van der Waals surface area contributed by atoms with E-state index in [1.807, 2.05) is 6.92 Å². The zero-order valence-corrected chi connectivity index (χ0v) is 9.02. The molecule has 3 heteroatoms. The quantitative estimate of drug-likeness (QED) is 0.586. The SMILES string of the molecule is CCNC(=O)CCNCC(C)CC. The molecule has 0 aliphatic rings.